The summed E-state index contributed by atoms with van der Waals surface area (Å²) in [4.78, 5) is 16.2. The van der Waals surface area contributed by atoms with Gasteiger partial charge in [0.05, 0.1) is 28.4 Å². The van der Waals surface area contributed by atoms with Crippen LogP contribution >= 0.6 is 11.3 Å². The van der Waals surface area contributed by atoms with E-state index in [-0.39, 0.29) is 24.5 Å². The fourth-order valence-corrected chi connectivity index (χ4v) is 2.39. The Morgan fingerprint density at radius 3 is 2.94 bits per heavy atom. The molecule has 0 saturated heterocycles. The van der Waals surface area contributed by atoms with Crippen LogP contribution in [0.15, 0.2) is 23.7 Å². The van der Waals surface area contributed by atoms with Gasteiger partial charge in [-0.05, 0) is 24.1 Å². The topological polar surface area (TPSA) is 62.2 Å². The highest BCUT2D eigenvalue weighted by Crippen LogP contribution is 2.19. The van der Waals surface area contributed by atoms with Gasteiger partial charge in [0.2, 0.25) is 0 Å². The third kappa shape index (κ3) is 2.68. The lowest BCUT2D eigenvalue weighted by molar-refractivity contribution is 0.0897. The summed E-state index contributed by atoms with van der Waals surface area (Å²) in [6, 6.07) is 5.21. The van der Waals surface area contributed by atoms with Crippen LogP contribution in [-0.2, 0) is 0 Å². The molecular weight excluding hydrogens is 248 g/mol. The molecule has 0 bridgehead atoms. The van der Waals surface area contributed by atoms with Crippen LogP contribution < -0.4 is 5.32 Å². The number of carbonyl (C=O) groups is 1. The van der Waals surface area contributed by atoms with Crippen LogP contribution in [0.2, 0.25) is 0 Å². The van der Waals surface area contributed by atoms with Gasteiger partial charge in [-0.2, -0.15) is 0 Å². The third-order valence-electron chi connectivity index (χ3n) is 2.91. The van der Waals surface area contributed by atoms with E-state index in [4.69, 9.17) is 0 Å². The van der Waals surface area contributed by atoms with E-state index in [9.17, 15) is 9.90 Å². The van der Waals surface area contributed by atoms with Gasteiger partial charge in [0.25, 0.3) is 5.91 Å². The second-order valence-corrected chi connectivity index (χ2v) is 5.43. The van der Waals surface area contributed by atoms with Gasteiger partial charge in [-0.1, -0.05) is 13.8 Å². The molecule has 1 unspecified atom stereocenters. The number of benzene rings is 1. The lowest BCUT2D eigenvalue weighted by atomic mass is 10.0. The van der Waals surface area contributed by atoms with E-state index in [1.54, 1.807) is 11.6 Å². The lowest BCUT2D eigenvalue weighted by Gasteiger charge is -2.19. The minimum absolute atomic E-state index is 0.0494. The molecule has 5 heteroatoms. The quantitative estimate of drug-likeness (QED) is 0.888. The van der Waals surface area contributed by atoms with Crippen LogP contribution in [0.5, 0.6) is 0 Å². The van der Waals surface area contributed by atoms with Crippen molar-refractivity contribution < 1.29 is 9.90 Å². The first-order valence-electron chi connectivity index (χ1n) is 5.86. The SMILES string of the molecule is CC(C)C(CO)NC(=O)c1ccc2ncsc2c1. The number of aliphatic hydroxyl groups excluding tert-OH is 1. The zero-order chi connectivity index (χ0) is 13.1. The maximum Gasteiger partial charge on any atom is 0.251 e. The number of hydrogen-bond donors (Lipinski definition) is 2. The molecule has 0 fully saturated rings. The monoisotopic (exact) mass is 264 g/mol. The van der Waals surface area contributed by atoms with Gasteiger partial charge >= 0.3 is 0 Å². The van der Waals surface area contributed by atoms with Crippen LogP contribution in [0.25, 0.3) is 10.2 Å². The van der Waals surface area contributed by atoms with E-state index in [1.807, 2.05) is 26.0 Å². The van der Waals surface area contributed by atoms with Crippen molar-refractivity contribution in [3.05, 3.63) is 29.3 Å². The van der Waals surface area contributed by atoms with Crippen molar-refractivity contribution >= 4 is 27.5 Å². The van der Waals surface area contributed by atoms with Gasteiger partial charge in [-0.25, -0.2) is 4.98 Å². The highest BCUT2D eigenvalue weighted by molar-refractivity contribution is 7.16. The van der Waals surface area contributed by atoms with E-state index in [1.165, 1.54) is 11.3 Å². The minimum atomic E-state index is -0.213. The summed E-state index contributed by atoms with van der Waals surface area (Å²) in [5, 5.41) is 12.0. The summed E-state index contributed by atoms with van der Waals surface area (Å²) in [7, 11) is 0. The Balaban J connectivity index is 2.17. The first-order chi connectivity index (χ1) is 8.61. The number of thiazole rings is 1. The van der Waals surface area contributed by atoms with E-state index in [0.29, 0.717) is 5.56 Å². The number of nitrogens with one attached hydrogen (secondary N) is 1. The number of aliphatic hydroxyl groups is 1. The molecule has 1 atom stereocenters. The first kappa shape index (κ1) is 13.0. The summed E-state index contributed by atoms with van der Waals surface area (Å²) in [6.07, 6.45) is 0. The molecule has 18 heavy (non-hydrogen) atoms. The largest absolute Gasteiger partial charge is 0.394 e. The summed E-state index contributed by atoms with van der Waals surface area (Å²) < 4.78 is 0.993. The predicted molar refractivity (Wildman–Crippen MR) is 72.8 cm³/mol. The molecule has 0 aliphatic rings. The van der Waals surface area contributed by atoms with E-state index in [0.717, 1.165) is 10.2 Å². The Hall–Kier alpha value is -1.46. The van der Waals surface area contributed by atoms with Crippen molar-refractivity contribution in [2.24, 2.45) is 5.92 Å². The second-order valence-electron chi connectivity index (χ2n) is 4.54. The van der Waals surface area contributed by atoms with E-state index in [2.05, 4.69) is 10.3 Å². The maximum absolute atomic E-state index is 12.0. The summed E-state index contributed by atoms with van der Waals surface area (Å²) in [6.45, 7) is 3.88. The number of aromatic nitrogens is 1. The third-order valence-corrected chi connectivity index (χ3v) is 3.70. The normalized spacial score (nSPS) is 12.9. The zero-order valence-corrected chi connectivity index (χ0v) is 11.2. The molecule has 2 N–H and O–H groups in total. The molecule has 1 amide bonds. The Morgan fingerprint density at radius 2 is 2.28 bits per heavy atom. The van der Waals surface area contributed by atoms with Gasteiger partial charge in [0, 0.05) is 5.56 Å². The second kappa shape index (κ2) is 5.46. The van der Waals surface area contributed by atoms with Crippen molar-refractivity contribution in [1.82, 2.24) is 10.3 Å². The number of amides is 1. The summed E-state index contributed by atoms with van der Waals surface area (Å²) in [5.41, 5.74) is 3.27. The molecule has 0 aliphatic heterocycles. The predicted octanol–water partition coefficient (Wildman–Crippen LogP) is 2.04. The van der Waals surface area contributed by atoms with Gasteiger partial charge in [-0.15, -0.1) is 11.3 Å². The van der Waals surface area contributed by atoms with Gasteiger partial charge in [0.15, 0.2) is 0 Å². The maximum atomic E-state index is 12.0. The van der Waals surface area contributed by atoms with Crippen LogP contribution in [0.3, 0.4) is 0 Å². The molecule has 0 saturated carbocycles. The summed E-state index contributed by atoms with van der Waals surface area (Å²) in [5.74, 6) is 0.0455. The zero-order valence-electron chi connectivity index (χ0n) is 10.4. The molecule has 1 aromatic heterocycles. The Bertz CT molecular complexity index is 551. The average molecular weight is 264 g/mol. The molecule has 0 spiro atoms. The number of rotatable bonds is 4. The molecule has 0 radical (unpaired) electrons. The standard InChI is InChI=1S/C13H16N2O2S/c1-8(2)11(6-16)15-13(17)9-3-4-10-12(5-9)18-7-14-10/h3-5,7-8,11,16H,6H2,1-2H3,(H,15,17). The van der Waals surface area contributed by atoms with Gasteiger partial charge in [0.1, 0.15) is 0 Å². The van der Waals surface area contributed by atoms with Gasteiger partial charge in [-0.3, -0.25) is 4.79 Å². The average Bonchev–Trinajstić information content (AvgIpc) is 2.82. The van der Waals surface area contributed by atoms with Crippen molar-refractivity contribution in [2.75, 3.05) is 6.61 Å². The molecule has 2 aromatic rings. The first-order valence-corrected chi connectivity index (χ1v) is 6.74. The van der Waals surface area contributed by atoms with Crippen molar-refractivity contribution in [3.8, 4) is 0 Å². The minimum Gasteiger partial charge on any atom is -0.394 e. The highest BCUT2D eigenvalue weighted by Gasteiger charge is 2.16. The van der Waals surface area contributed by atoms with Crippen LogP contribution in [-0.4, -0.2) is 28.6 Å². The number of hydrogen-bond acceptors (Lipinski definition) is 4. The van der Waals surface area contributed by atoms with E-state index >= 15 is 0 Å². The Labute approximate surface area is 110 Å². The smallest absolute Gasteiger partial charge is 0.251 e. The molecule has 1 aromatic carbocycles. The molecule has 2 rings (SSSR count). The molecule has 4 nitrogen and oxygen atoms in total. The van der Waals surface area contributed by atoms with Crippen LogP contribution in [0.1, 0.15) is 24.2 Å². The molecule has 0 aliphatic carbocycles. The lowest BCUT2D eigenvalue weighted by Crippen LogP contribution is -2.41. The van der Waals surface area contributed by atoms with Crippen molar-refractivity contribution in [2.45, 2.75) is 19.9 Å². The Kier molecular flexibility index (Phi) is 3.93. The molecule has 96 valence electrons. The summed E-state index contributed by atoms with van der Waals surface area (Å²) >= 11 is 1.51. The van der Waals surface area contributed by atoms with Gasteiger partial charge < -0.3 is 10.4 Å². The number of fused-ring (bicyclic) bond motifs is 1. The molecule has 1 heterocycles. The van der Waals surface area contributed by atoms with Crippen molar-refractivity contribution in [3.63, 3.8) is 0 Å². The van der Waals surface area contributed by atoms with Crippen LogP contribution in [0.4, 0.5) is 0 Å². The fraction of sp³-hybridized carbons (Fsp3) is 0.385. The van der Waals surface area contributed by atoms with E-state index < -0.39 is 0 Å². The fourth-order valence-electron chi connectivity index (χ4n) is 1.67. The number of carbonyl (C=O) groups excluding carboxylic acids is 1. The Morgan fingerprint density at radius 1 is 1.50 bits per heavy atom. The molecular formula is C13H16N2O2S. The highest BCUT2D eigenvalue weighted by atomic mass is 32.1. The number of nitrogens with zero attached hydrogens (tertiary/aromatic N) is 1. The van der Waals surface area contributed by atoms with Crippen LogP contribution in [0, 0.1) is 5.92 Å². The van der Waals surface area contributed by atoms with Crippen molar-refractivity contribution in [1.29, 1.82) is 0 Å².